The Bertz CT molecular complexity index is 460. The van der Waals surface area contributed by atoms with Crippen LogP contribution in [0.2, 0.25) is 5.02 Å². The molecule has 0 bridgehead atoms. The minimum absolute atomic E-state index is 0.0862. The topological polar surface area (TPSA) is 29.3 Å². The predicted molar refractivity (Wildman–Crippen MR) is 82.4 cm³/mol. The van der Waals surface area contributed by atoms with Crippen LogP contribution in [-0.4, -0.2) is 24.5 Å². The molecule has 0 radical (unpaired) electrons. The highest BCUT2D eigenvalue weighted by molar-refractivity contribution is 6.31. The number of nitrogens with two attached hydrogens (primary N) is 1. The van der Waals surface area contributed by atoms with Crippen LogP contribution in [0.15, 0.2) is 18.2 Å². The Morgan fingerprint density at radius 1 is 1.40 bits per heavy atom. The number of nitrogens with zero attached hydrogens (tertiary/aromatic N) is 1. The first-order valence-electron chi connectivity index (χ1n) is 7.44. The second kappa shape index (κ2) is 6.42. The summed E-state index contributed by atoms with van der Waals surface area (Å²) in [6, 6.07) is 4.70. The fourth-order valence-corrected chi connectivity index (χ4v) is 3.60. The molecule has 1 aromatic carbocycles. The normalized spacial score (nSPS) is 20.2. The molecule has 0 aromatic heterocycles. The van der Waals surface area contributed by atoms with Gasteiger partial charge in [-0.2, -0.15) is 0 Å². The summed E-state index contributed by atoms with van der Waals surface area (Å²) >= 11 is 6.20. The summed E-state index contributed by atoms with van der Waals surface area (Å²) in [4.78, 5) is 2.41. The first-order valence-corrected chi connectivity index (χ1v) is 7.82. The first-order chi connectivity index (χ1) is 9.55. The molecule has 1 atom stereocenters. The summed E-state index contributed by atoms with van der Waals surface area (Å²) in [6.07, 6.45) is 3.58. The zero-order valence-corrected chi connectivity index (χ0v) is 13.1. The van der Waals surface area contributed by atoms with Gasteiger partial charge in [0.1, 0.15) is 5.82 Å². The lowest BCUT2D eigenvalue weighted by molar-refractivity contribution is 0.197. The van der Waals surface area contributed by atoms with Gasteiger partial charge in [-0.25, -0.2) is 4.39 Å². The van der Waals surface area contributed by atoms with Gasteiger partial charge in [0.15, 0.2) is 0 Å². The predicted octanol–water partition coefficient (Wildman–Crippen LogP) is 3.99. The third kappa shape index (κ3) is 3.00. The van der Waals surface area contributed by atoms with Gasteiger partial charge in [0.2, 0.25) is 0 Å². The van der Waals surface area contributed by atoms with Gasteiger partial charge in [0.25, 0.3) is 0 Å². The highest BCUT2D eigenvalue weighted by Crippen LogP contribution is 2.41. The van der Waals surface area contributed by atoms with Crippen molar-refractivity contribution in [3.63, 3.8) is 0 Å². The fraction of sp³-hybridized carbons (Fsp3) is 0.625. The molecule has 1 aliphatic rings. The summed E-state index contributed by atoms with van der Waals surface area (Å²) in [7, 11) is 0. The van der Waals surface area contributed by atoms with Crippen molar-refractivity contribution in [2.24, 2.45) is 11.1 Å². The molecule has 20 heavy (non-hydrogen) atoms. The molecule has 2 rings (SSSR count). The van der Waals surface area contributed by atoms with Crippen LogP contribution in [0.1, 0.15) is 44.7 Å². The Hall–Kier alpha value is -0.640. The lowest BCUT2D eigenvalue weighted by Crippen LogP contribution is -2.34. The first kappa shape index (κ1) is 15.7. The van der Waals surface area contributed by atoms with Crippen LogP contribution in [0.25, 0.3) is 0 Å². The van der Waals surface area contributed by atoms with Crippen LogP contribution >= 0.6 is 11.6 Å². The van der Waals surface area contributed by atoms with Gasteiger partial charge in [0.05, 0.1) is 0 Å². The van der Waals surface area contributed by atoms with Gasteiger partial charge in [-0.15, -0.1) is 0 Å². The molecular weight excluding hydrogens is 275 g/mol. The van der Waals surface area contributed by atoms with Crippen molar-refractivity contribution in [1.82, 2.24) is 4.90 Å². The quantitative estimate of drug-likeness (QED) is 0.890. The minimum Gasteiger partial charge on any atom is -0.329 e. The van der Waals surface area contributed by atoms with E-state index in [1.165, 1.54) is 31.4 Å². The third-order valence-electron chi connectivity index (χ3n) is 4.95. The number of hydrogen-bond acceptors (Lipinski definition) is 2. The molecule has 1 heterocycles. The van der Waals surface area contributed by atoms with Gasteiger partial charge in [0, 0.05) is 24.2 Å². The Morgan fingerprint density at radius 3 is 2.60 bits per heavy atom. The van der Waals surface area contributed by atoms with E-state index in [0.29, 0.717) is 17.0 Å². The molecule has 0 aliphatic carbocycles. The fourth-order valence-electron chi connectivity index (χ4n) is 3.31. The molecule has 1 fully saturated rings. The molecule has 2 nitrogen and oxygen atoms in total. The maximum atomic E-state index is 13.2. The van der Waals surface area contributed by atoms with Crippen LogP contribution in [-0.2, 0) is 0 Å². The van der Waals surface area contributed by atoms with E-state index >= 15 is 0 Å². The van der Waals surface area contributed by atoms with E-state index in [1.54, 1.807) is 6.07 Å². The molecule has 0 amide bonds. The van der Waals surface area contributed by atoms with Crippen molar-refractivity contribution >= 4 is 11.6 Å². The van der Waals surface area contributed by atoms with E-state index in [4.69, 9.17) is 17.3 Å². The Kier molecular flexibility index (Phi) is 5.05. The second-order valence-electron chi connectivity index (χ2n) is 5.84. The molecular formula is C16H24ClFN2. The lowest BCUT2D eigenvalue weighted by Gasteiger charge is -2.31. The van der Waals surface area contributed by atoms with Crippen LogP contribution in [0.5, 0.6) is 0 Å². The van der Waals surface area contributed by atoms with E-state index < -0.39 is 0 Å². The summed E-state index contributed by atoms with van der Waals surface area (Å²) in [5.74, 6) is -0.299. The number of rotatable bonds is 5. The molecule has 0 spiro atoms. The average Bonchev–Trinajstić information content (AvgIpc) is 2.87. The van der Waals surface area contributed by atoms with Crippen molar-refractivity contribution in [2.75, 3.05) is 19.6 Å². The van der Waals surface area contributed by atoms with Crippen molar-refractivity contribution < 1.29 is 4.39 Å². The Balaban J connectivity index is 2.21. The SMILES string of the molecule is CCC1(CC)CCN(C(CN)c2ccc(F)cc2Cl)C1. The van der Waals surface area contributed by atoms with Gasteiger partial charge < -0.3 is 5.73 Å². The zero-order chi connectivity index (χ0) is 14.8. The zero-order valence-electron chi connectivity index (χ0n) is 12.3. The Labute approximate surface area is 126 Å². The number of benzene rings is 1. The minimum atomic E-state index is -0.299. The van der Waals surface area contributed by atoms with Crippen molar-refractivity contribution in [3.05, 3.63) is 34.6 Å². The highest BCUT2D eigenvalue weighted by Gasteiger charge is 2.38. The Morgan fingerprint density at radius 2 is 2.10 bits per heavy atom. The maximum Gasteiger partial charge on any atom is 0.124 e. The van der Waals surface area contributed by atoms with Crippen molar-refractivity contribution in [2.45, 2.75) is 39.2 Å². The molecule has 1 unspecified atom stereocenters. The van der Waals surface area contributed by atoms with Crippen molar-refractivity contribution in [3.8, 4) is 0 Å². The second-order valence-corrected chi connectivity index (χ2v) is 6.25. The van der Waals surface area contributed by atoms with Crippen LogP contribution < -0.4 is 5.73 Å². The molecule has 2 N–H and O–H groups in total. The number of hydrogen-bond donors (Lipinski definition) is 1. The third-order valence-corrected chi connectivity index (χ3v) is 5.28. The maximum absolute atomic E-state index is 13.2. The van der Waals surface area contributed by atoms with E-state index in [2.05, 4.69) is 18.7 Å². The molecule has 1 aromatic rings. The lowest BCUT2D eigenvalue weighted by atomic mass is 9.82. The summed E-state index contributed by atoms with van der Waals surface area (Å²) < 4.78 is 13.2. The molecule has 1 aliphatic heterocycles. The van der Waals surface area contributed by atoms with Crippen LogP contribution in [0.4, 0.5) is 4.39 Å². The number of likely N-dealkylation sites (tertiary alicyclic amines) is 1. The molecule has 112 valence electrons. The van der Waals surface area contributed by atoms with Crippen LogP contribution in [0.3, 0.4) is 0 Å². The highest BCUT2D eigenvalue weighted by atomic mass is 35.5. The average molecular weight is 299 g/mol. The van der Waals surface area contributed by atoms with E-state index in [9.17, 15) is 4.39 Å². The molecule has 4 heteroatoms. The molecule has 1 saturated heterocycles. The standard InChI is InChI=1S/C16H24ClFN2/c1-3-16(4-2)7-8-20(11-16)15(10-19)13-6-5-12(18)9-14(13)17/h5-6,9,15H,3-4,7-8,10-11,19H2,1-2H3. The number of halogens is 2. The summed E-state index contributed by atoms with van der Waals surface area (Å²) in [5.41, 5.74) is 7.31. The van der Waals surface area contributed by atoms with Gasteiger partial charge in [-0.05, 0) is 48.9 Å². The van der Waals surface area contributed by atoms with E-state index in [1.807, 2.05) is 0 Å². The summed E-state index contributed by atoms with van der Waals surface area (Å²) in [6.45, 7) is 7.12. The van der Waals surface area contributed by atoms with Gasteiger partial charge >= 0.3 is 0 Å². The van der Waals surface area contributed by atoms with Crippen molar-refractivity contribution in [1.29, 1.82) is 0 Å². The molecule has 0 saturated carbocycles. The van der Waals surface area contributed by atoms with Crippen LogP contribution in [0, 0.1) is 11.2 Å². The van der Waals surface area contributed by atoms with Gasteiger partial charge in [-0.3, -0.25) is 4.90 Å². The largest absolute Gasteiger partial charge is 0.329 e. The monoisotopic (exact) mass is 298 g/mol. The van der Waals surface area contributed by atoms with E-state index in [0.717, 1.165) is 18.7 Å². The van der Waals surface area contributed by atoms with Gasteiger partial charge in [-0.1, -0.05) is 31.5 Å². The van der Waals surface area contributed by atoms with E-state index in [-0.39, 0.29) is 11.9 Å². The smallest absolute Gasteiger partial charge is 0.124 e. The summed E-state index contributed by atoms with van der Waals surface area (Å²) in [5, 5.41) is 0.478.